The Bertz CT molecular complexity index is 405. The van der Waals surface area contributed by atoms with Crippen LogP contribution < -0.4 is 10.1 Å². The Morgan fingerprint density at radius 1 is 1.44 bits per heavy atom. The predicted octanol–water partition coefficient (Wildman–Crippen LogP) is 2.52. The number of nitrogens with one attached hydrogen (secondary N) is 1. The van der Waals surface area contributed by atoms with Crippen LogP contribution in [-0.4, -0.2) is 33.4 Å². The first kappa shape index (κ1) is 13.7. The normalized spacial score (nSPS) is 17.3. The van der Waals surface area contributed by atoms with Gasteiger partial charge in [-0.2, -0.15) is 0 Å². The molecule has 1 fully saturated rings. The molecule has 4 heteroatoms. The fraction of sp³-hybridized carbons (Fsp3) is 0.571. The first-order valence-corrected chi connectivity index (χ1v) is 6.64. The van der Waals surface area contributed by atoms with Crippen LogP contribution in [0.3, 0.4) is 0 Å². The maximum atomic E-state index is 6.22. The third-order valence-corrected chi connectivity index (χ3v) is 3.43. The summed E-state index contributed by atoms with van der Waals surface area (Å²) in [5, 5.41) is 3.81. The summed E-state index contributed by atoms with van der Waals surface area (Å²) in [5.41, 5.74) is 1.37. The van der Waals surface area contributed by atoms with E-state index in [1.165, 1.54) is 5.56 Å². The first-order chi connectivity index (χ1) is 8.63. The Labute approximate surface area is 113 Å². The van der Waals surface area contributed by atoms with Gasteiger partial charge in [0.1, 0.15) is 5.75 Å². The van der Waals surface area contributed by atoms with Crippen LogP contribution in [0.5, 0.6) is 5.75 Å². The van der Waals surface area contributed by atoms with E-state index in [0.29, 0.717) is 11.6 Å². The monoisotopic (exact) mass is 269 g/mol. The van der Waals surface area contributed by atoms with Crippen LogP contribution in [0.15, 0.2) is 18.2 Å². The smallest absolute Gasteiger partial charge is 0.137 e. The third kappa shape index (κ3) is 3.37. The van der Waals surface area contributed by atoms with E-state index in [2.05, 4.69) is 18.3 Å². The lowest BCUT2D eigenvalue weighted by atomic mass is 9.90. The van der Waals surface area contributed by atoms with Gasteiger partial charge in [0.05, 0.1) is 24.8 Å². The summed E-state index contributed by atoms with van der Waals surface area (Å²) >= 11 is 6.22. The fourth-order valence-electron chi connectivity index (χ4n) is 1.87. The van der Waals surface area contributed by atoms with Gasteiger partial charge in [-0.3, -0.25) is 0 Å². The largest absolute Gasteiger partial charge is 0.491 e. The van der Waals surface area contributed by atoms with Crippen molar-refractivity contribution in [3.63, 3.8) is 0 Å². The Kier molecular flexibility index (Phi) is 4.49. The molecule has 0 amide bonds. The van der Waals surface area contributed by atoms with Gasteiger partial charge in [-0.05, 0) is 37.7 Å². The molecule has 1 aliphatic heterocycles. The lowest BCUT2D eigenvalue weighted by molar-refractivity contribution is -0.120. The highest BCUT2D eigenvalue weighted by molar-refractivity contribution is 6.32. The average Bonchev–Trinajstić information content (AvgIpc) is 2.33. The topological polar surface area (TPSA) is 30.5 Å². The number of hydrogen-bond acceptors (Lipinski definition) is 3. The molecule has 0 spiro atoms. The van der Waals surface area contributed by atoms with Gasteiger partial charge in [0, 0.05) is 5.41 Å². The van der Waals surface area contributed by atoms with Gasteiger partial charge in [0.15, 0.2) is 0 Å². The van der Waals surface area contributed by atoms with E-state index in [9.17, 15) is 0 Å². The minimum absolute atomic E-state index is 0.147. The summed E-state index contributed by atoms with van der Waals surface area (Å²) in [4.78, 5) is 0. The van der Waals surface area contributed by atoms with Crippen LogP contribution in [0.4, 0.5) is 0 Å². The molecule has 1 aromatic carbocycles. The quantitative estimate of drug-likeness (QED) is 0.861. The molecule has 0 radical (unpaired) electrons. The molecular weight excluding hydrogens is 250 g/mol. The second-order valence-electron chi connectivity index (χ2n) is 5.21. The van der Waals surface area contributed by atoms with E-state index < -0.39 is 0 Å². The van der Waals surface area contributed by atoms with Crippen LogP contribution in [0.1, 0.15) is 12.5 Å². The second kappa shape index (κ2) is 5.91. The first-order valence-electron chi connectivity index (χ1n) is 6.26. The number of halogens is 1. The van der Waals surface area contributed by atoms with Gasteiger partial charge in [0.2, 0.25) is 0 Å². The van der Waals surface area contributed by atoms with Crippen LogP contribution in [0.25, 0.3) is 0 Å². The van der Waals surface area contributed by atoms with Gasteiger partial charge in [-0.15, -0.1) is 0 Å². The van der Waals surface area contributed by atoms with E-state index in [0.717, 1.165) is 31.9 Å². The summed E-state index contributed by atoms with van der Waals surface area (Å²) in [6.45, 7) is 5.30. The second-order valence-corrected chi connectivity index (χ2v) is 5.62. The predicted molar refractivity (Wildman–Crippen MR) is 73.5 cm³/mol. The molecule has 1 N–H and O–H groups in total. The molecule has 1 aliphatic rings. The Morgan fingerprint density at radius 2 is 2.22 bits per heavy atom. The number of hydrogen-bond donors (Lipinski definition) is 1. The zero-order valence-corrected chi connectivity index (χ0v) is 11.7. The van der Waals surface area contributed by atoms with Crippen molar-refractivity contribution in [3.05, 3.63) is 28.8 Å². The van der Waals surface area contributed by atoms with Crippen LogP contribution in [0, 0.1) is 5.41 Å². The van der Waals surface area contributed by atoms with Crippen molar-refractivity contribution in [1.29, 1.82) is 0 Å². The Hall–Kier alpha value is -0.770. The number of benzene rings is 1. The molecule has 0 atom stereocenters. The van der Waals surface area contributed by atoms with Crippen LogP contribution >= 0.6 is 11.6 Å². The van der Waals surface area contributed by atoms with E-state index >= 15 is 0 Å². The molecule has 0 saturated carbocycles. The number of rotatable bonds is 6. The summed E-state index contributed by atoms with van der Waals surface area (Å²) in [5.74, 6) is 0.762. The summed E-state index contributed by atoms with van der Waals surface area (Å²) < 4.78 is 11.0. The van der Waals surface area contributed by atoms with Gasteiger partial charge < -0.3 is 14.8 Å². The zero-order chi connectivity index (χ0) is 13.0. The van der Waals surface area contributed by atoms with Crippen molar-refractivity contribution in [2.75, 3.05) is 33.4 Å². The lowest BCUT2D eigenvalue weighted by Gasteiger charge is -2.37. The van der Waals surface area contributed by atoms with Crippen molar-refractivity contribution >= 4 is 11.6 Å². The molecule has 2 rings (SSSR count). The lowest BCUT2D eigenvalue weighted by Crippen LogP contribution is -2.44. The molecule has 0 bridgehead atoms. The molecule has 100 valence electrons. The molecular formula is C14H20ClNO2. The minimum Gasteiger partial charge on any atom is -0.491 e. The van der Waals surface area contributed by atoms with Crippen molar-refractivity contribution < 1.29 is 9.47 Å². The van der Waals surface area contributed by atoms with Crippen molar-refractivity contribution in [3.8, 4) is 5.75 Å². The maximum Gasteiger partial charge on any atom is 0.137 e. The number of likely N-dealkylation sites (N-methyl/N-ethyl adjacent to an activating group) is 1. The Morgan fingerprint density at radius 3 is 2.78 bits per heavy atom. The molecule has 0 unspecified atom stereocenters. The molecule has 18 heavy (non-hydrogen) atoms. The zero-order valence-electron chi connectivity index (χ0n) is 11.0. The summed E-state index contributed by atoms with van der Waals surface area (Å²) in [6, 6.07) is 6.00. The SMILES string of the molecule is CNCCc1ccc(OCC2(C)COC2)c(Cl)c1. The molecule has 1 heterocycles. The molecule has 3 nitrogen and oxygen atoms in total. The summed E-state index contributed by atoms with van der Waals surface area (Å²) in [6.07, 6.45) is 0.974. The molecule has 0 aromatic heterocycles. The standard InChI is InChI=1S/C14H20ClNO2/c1-14(8-17-9-14)10-18-13-4-3-11(5-6-16-2)7-12(13)15/h3-4,7,16H,5-6,8-10H2,1-2H3. The van der Waals surface area contributed by atoms with E-state index in [1.807, 2.05) is 19.2 Å². The van der Waals surface area contributed by atoms with Crippen molar-refractivity contribution in [2.24, 2.45) is 5.41 Å². The highest BCUT2D eigenvalue weighted by atomic mass is 35.5. The van der Waals surface area contributed by atoms with E-state index in [4.69, 9.17) is 21.1 Å². The molecule has 1 saturated heterocycles. The van der Waals surface area contributed by atoms with E-state index in [1.54, 1.807) is 0 Å². The highest BCUT2D eigenvalue weighted by Gasteiger charge is 2.34. The minimum atomic E-state index is 0.147. The average molecular weight is 270 g/mol. The van der Waals surface area contributed by atoms with E-state index in [-0.39, 0.29) is 5.41 Å². The maximum absolute atomic E-state index is 6.22. The Balaban J connectivity index is 1.92. The van der Waals surface area contributed by atoms with Crippen molar-refractivity contribution in [1.82, 2.24) is 5.32 Å². The molecule has 1 aromatic rings. The number of ether oxygens (including phenoxy) is 2. The van der Waals surface area contributed by atoms with Crippen molar-refractivity contribution in [2.45, 2.75) is 13.3 Å². The van der Waals surface area contributed by atoms with Gasteiger partial charge in [-0.25, -0.2) is 0 Å². The highest BCUT2D eigenvalue weighted by Crippen LogP contribution is 2.31. The fourth-order valence-corrected chi connectivity index (χ4v) is 2.13. The third-order valence-electron chi connectivity index (χ3n) is 3.14. The van der Waals surface area contributed by atoms with Gasteiger partial charge in [-0.1, -0.05) is 24.6 Å². The van der Waals surface area contributed by atoms with Gasteiger partial charge >= 0.3 is 0 Å². The molecule has 0 aliphatic carbocycles. The van der Waals surface area contributed by atoms with Crippen LogP contribution in [-0.2, 0) is 11.2 Å². The van der Waals surface area contributed by atoms with Gasteiger partial charge in [0.25, 0.3) is 0 Å². The van der Waals surface area contributed by atoms with Crippen LogP contribution in [0.2, 0.25) is 5.02 Å². The summed E-state index contributed by atoms with van der Waals surface area (Å²) in [7, 11) is 1.94.